The molecule has 0 atom stereocenters. The number of benzene rings is 1. The van der Waals surface area contributed by atoms with Crippen LogP contribution in [0.4, 0.5) is 14.5 Å². The van der Waals surface area contributed by atoms with E-state index in [1.54, 1.807) is 6.20 Å². The largest absolute Gasteiger partial charge is 0.374 e. The molecule has 6 heteroatoms. The zero-order chi connectivity index (χ0) is 11.5. The second-order valence-electron chi connectivity index (χ2n) is 3.02. The van der Waals surface area contributed by atoms with Gasteiger partial charge in [-0.25, -0.2) is 13.8 Å². The molecule has 1 heterocycles. The molecular formula is C10H7BrF2N2S. The first-order valence-corrected chi connectivity index (χ1v) is 6.11. The monoisotopic (exact) mass is 304 g/mol. The third kappa shape index (κ3) is 2.56. The van der Waals surface area contributed by atoms with Crippen molar-refractivity contribution in [1.82, 2.24) is 4.98 Å². The number of hydrogen-bond acceptors (Lipinski definition) is 3. The Morgan fingerprint density at radius 3 is 2.56 bits per heavy atom. The van der Waals surface area contributed by atoms with Gasteiger partial charge in [0.25, 0.3) is 0 Å². The highest BCUT2D eigenvalue weighted by Gasteiger charge is 2.10. The molecule has 0 radical (unpaired) electrons. The number of halogens is 3. The summed E-state index contributed by atoms with van der Waals surface area (Å²) in [4.78, 5) is 4.01. The summed E-state index contributed by atoms with van der Waals surface area (Å²) in [7, 11) is 0. The molecule has 0 bridgehead atoms. The Morgan fingerprint density at radius 1 is 1.31 bits per heavy atom. The normalized spacial score (nSPS) is 10.4. The van der Waals surface area contributed by atoms with Crippen LogP contribution < -0.4 is 5.32 Å². The molecule has 84 valence electrons. The maximum Gasteiger partial charge on any atom is 0.150 e. The Kier molecular flexibility index (Phi) is 3.50. The van der Waals surface area contributed by atoms with Gasteiger partial charge < -0.3 is 5.32 Å². The summed E-state index contributed by atoms with van der Waals surface area (Å²) in [6.45, 7) is 0.313. The van der Waals surface area contributed by atoms with Crippen LogP contribution in [0.5, 0.6) is 0 Å². The van der Waals surface area contributed by atoms with Crippen LogP contribution in [0.2, 0.25) is 0 Å². The average Bonchev–Trinajstić information content (AvgIpc) is 2.68. The SMILES string of the molecule is Fc1cc(Br)cc(F)c1NCc1nccs1. The minimum absolute atomic E-state index is 0.126. The van der Waals surface area contributed by atoms with Gasteiger partial charge in [-0.1, -0.05) is 15.9 Å². The van der Waals surface area contributed by atoms with Crippen molar-refractivity contribution in [3.8, 4) is 0 Å². The van der Waals surface area contributed by atoms with Crippen molar-refractivity contribution in [3.05, 3.63) is 44.8 Å². The van der Waals surface area contributed by atoms with Gasteiger partial charge in [0.15, 0.2) is 0 Å². The quantitative estimate of drug-likeness (QED) is 0.933. The van der Waals surface area contributed by atoms with E-state index in [4.69, 9.17) is 0 Å². The lowest BCUT2D eigenvalue weighted by Crippen LogP contribution is -2.03. The molecule has 0 saturated heterocycles. The van der Waals surface area contributed by atoms with Crippen molar-refractivity contribution in [3.63, 3.8) is 0 Å². The van der Waals surface area contributed by atoms with E-state index in [9.17, 15) is 8.78 Å². The van der Waals surface area contributed by atoms with Crippen LogP contribution in [0.3, 0.4) is 0 Å². The highest BCUT2D eigenvalue weighted by molar-refractivity contribution is 9.10. The molecule has 2 rings (SSSR count). The predicted molar refractivity (Wildman–Crippen MR) is 63.5 cm³/mol. The first-order valence-electron chi connectivity index (χ1n) is 4.43. The Balaban J connectivity index is 2.15. The van der Waals surface area contributed by atoms with Gasteiger partial charge in [0, 0.05) is 16.0 Å². The van der Waals surface area contributed by atoms with Crippen molar-refractivity contribution in [2.45, 2.75) is 6.54 Å². The number of thiazole rings is 1. The van der Waals surface area contributed by atoms with Gasteiger partial charge in [0.05, 0.1) is 6.54 Å². The topological polar surface area (TPSA) is 24.9 Å². The van der Waals surface area contributed by atoms with Crippen LogP contribution in [-0.4, -0.2) is 4.98 Å². The van der Waals surface area contributed by atoms with Gasteiger partial charge in [-0.05, 0) is 12.1 Å². The number of aromatic nitrogens is 1. The molecule has 0 amide bonds. The van der Waals surface area contributed by atoms with Gasteiger partial charge in [-0.3, -0.25) is 0 Å². The van der Waals surface area contributed by atoms with Crippen LogP contribution in [0.15, 0.2) is 28.2 Å². The number of nitrogens with one attached hydrogen (secondary N) is 1. The standard InChI is InChI=1S/C10H7BrF2N2S/c11-6-3-7(12)10(8(13)4-6)15-5-9-14-1-2-16-9/h1-4,15H,5H2. The van der Waals surface area contributed by atoms with E-state index < -0.39 is 11.6 Å². The zero-order valence-corrected chi connectivity index (χ0v) is 10.4. The number of hydrogen-bond donors (Lipinski definition) is 1. The van der Waals surface area contributed by atoms with Gasteiger partial charge in [-0.15, -0.1) is 11.3 Å². The second kappa shape index (κ2) is 4.88. The molecule has 0 aliphatic rings. The molecule has 1 aromatic carbocycles. The van der Waals surface area contributed by atoms with Crippen molar-refractivity contribution < 1.29 is 8.78 Å². The Hall–Kier alpha value is -1.01. The third-order valence-corrected chi connectivity index (χ3v) is 3.14. The Bertz CT molecular complexity index is 465. The molecule has 2 aromatic rings. The fraction of sp³-hybridized carbons (Fsp3) is 0.100. The van der Waals surface area contributed by atoms with Gasteiger partial charge >= 0.3 is 0 Å². The van der Waals surface area contributed by atoms with Crippen molar-refractivity contribution in [2.24, 2.45) is 0 Å². The summed E-state index contributed by atoms with van der Waals surface area (Å²) in [5, 5.41) is 5.28. The number of anilines is 1. The van der Waals surface area contributed by atoms with Gasteiger partial charge in [0.2, 0.25) is 0 Å². The summed E-state index contributed by atoms with van der Waals surface area (Å²) < 4.78 is 27.2. The Labute approximate surface area is 103 Å². The first-order chi connectivity index (χ1) is 7.66. The van der Waals surface area contributed by atoms with E-state index >= 15 is 0 Å². The van der Waals surface area contributed by atoms with Crippen LogP contribution >= 0.6 is 27.3 Å². The molecule has 0 unspecified atom stereocenters. The molecular weight excluding hydrogens is 298 g/mol. The highest BCUT2D eigenvalue weighted by atomic mass is 79.9. The van der Waals surface area contributed by atoms with Crippen molar-refractivity contribution in [1.29, 1.82) is 0 Å². The van der Waals surface area contributed by atoms with Gasteiger partial charge in [-0.2, -0.15) is 0 Å². The molecule has 0 spiro atoms. The summed E-state index contributed by atoms with van der Waals surface area (Å²) in [5.41, 5.74) is -0.126. The number of rotatable bonds is 3. The van der Waals surface area contributed by atoms with Crippen molar-refractivity contribution in [2.75, 3.05) is 5.32 Å². The molecule has 16 heavy (non-hydrogen) atoms. The molecule has 1 N–H and O–H groups in total. The van der Waals surface area contributed by atoms with E-state index in [0.29, 0.717) is 11.0 Å². The second-order valence-corrected chi connectivity index (χ2v) is 4.92. The summed E-state index contributed by atoms with van der Waals surface area (Å²) >= 11 is 4.45. The number of nitrogens with zero attached hydrogens (tertiary/aromatic N) is 1. The van der Waals surface area contributed by atoms with Crippen molar-refractivity contribution >= 4 is 33.0 Å². The Morgan fingerprint density at radius 2 is 2.00 bits per heavy atom. The fourth-order valence-corrected chi connectivity index (χ4v) is 2.17. The third-order valence-electron chi connectivity index (χ3n) is 1.91. The average molecular weight is 305 g/mol. The lowest BCUT2D eigenvalue weighted by Gasteiger charge is -2.07. The van der Waals surface area contributed by atoms with Crippen LogP contribution in [-0.2, 0) is 6.54 Å². The fourth-order valence-electron chi connectivity index (χ4n) is 1.22. The van der Waals surface area contributed by atoms with Crippen LogP contribution in [0.25, 0.3) is 0 Å². The summed E-state index contributed by atoms with van der Waals surface area (Å²) in [6.07, 6.45) is 1.65. The maximum absolute atomic E-state index is 13.4. The summed E-state index contributed by atoms with van der Waals surface area (Å²) in [5.74, 6) is -1.24. The lowest BCUT2D eigenvalue weighted by atomic mass is 10.3. The van der Waals surface area contributed by atoms with E-state index in [1.807, 2.05) is 5.38 Å². The molecule has 1 aromatic heterocycles. The van der Waals surface area contributed by atoms with E-state index in [2.05, 4.69) is 26.2 Å². The molecule has 0 saturated carbocycles. The van der Waals surface area contributed by atoms with Crippen LogP contribution in [0, 0.1) is 11.6 Å². The summed E-state index contributed by atoms with van der Waals surface area (Å²) in [6, 6.07) is 2.43. The first kappa shape index (κ1) is 11.5. The predicted octanol–water partition coefficient (Wildman–Crippen LogP) is 3.80. The van der Waals surface area contributed by atoms with E-state index in [-0.39, 0.29) is 5.69 Å². The molecule has 0 aliphatic carbocycles. The van der Waals surface area contributed by atoms with Crippen LogP contribution in [0.1, 0.15) is 5.01 Å². The zero-order valence-electron chi connectivity index (χ0n) is 8.01. The minimum Gasteiger partial charge on any atom is -0.374 e. The maximum atomic E-state index is 13.4. The van der Waals surface area contributed by atoms with E-state index in [0.717, 1.165) is 5.01 Å². The van der Waals surface area contributed by atoms with E-state index in [1.165, 1.54) is 23.5 Å². The molecule has 0 aliphatic heterocycles. The van der Waals surface area contributed by atoms with Gasteiger partial charge in [0.1, 0.15) is 22.3 Å². The molecule has 0 fully saturated rings. The lowest BCUT2D eigenvalue weighted by molar-refractivity contribution is 0.586. The smallest absolute Gasteiger partial charge is 0.150 e. The highest BCUT2D eigenvalue weighted by Crippen LogP contribution is 2.24. The molecule has 2 nitrogen and oxygen atoms in total. The minimum atomic E-state index is -0.622.